The number of nitro benzene ring substituents is 1. The van der Waals surface area contributed by atoms with Gasteiger partial charge in [-0.2, -0.15) is 5.10 Å². The molecule has 0 fully saturated rings. The molecule has 150 valence electrons. The number of anilines is 1. The summed E-state index contributed by atoms with van der Waals surface area (Å²) >= 11 is 6.17. The van der Waals surface area contributed by atoms with E-state index < -0.39 is 17.4 Å². The molecule has 1 N–H and O–H groups in total. The molecule has 0 atom stereocenters. The van der Waals surface area contributed by atoms with E-state index in [0.717, 1.165) is 5.56 Å². The summed E-state index contributed by atoms with van der Waals surface area (Å²) in [6.45, 7) is -0.0441. The van der Waals surface area contributed by atoms with Crippen molar-refractivity contribution in [2.45, 2.75) is 6.54 Å². The summed E-state index contributed by atoms with van der Waals surface area (Å²) in [6, 6.07) is 13.1. The molecule has 0 aliphatic carbocycles. The first-order chi connectivity index (χ1) is 14.0. The third kappa shape index (κ3) is 5.02. The largest absolute Gasteiger partial charge is 0.496 e. The Balaban J connectivity index is 1.65. The van der Waals surface area contributed by atoms with E-state index in [0.29, 0.717) is 23.1 Å². The van der Waals surface area contributed by atoms with Crippen molar-refractivity contribution >= 4 is 29.0 Å². The van der Waals surface area contributed by atoms with Crippen molar-refractivity contribution in [3.05, 3.63) is 75.4 Å². The van der Waals surface area contributed by atoms with Crippen LogP contribution in [-0.4, -0.2) is 34.3 Å². The Morgan fingerprint density at radius 2 is 2.07 bits per heavy atom. The van der Waals surface area contributed by atoms with Crippen LogP contribution in [0.25, 0.3) is 0 Å². The fourth-order valence-corrected chi connectivity index (χ4v) is 2.76. The number of methoxy groups -OCH3 is 1. The first-order valence-corrected chi connectivity index (χ1v) is 8.86. The minimum Gasteiger partial charge on any atom is -0.496 e. The molecule has 1 amide bonds. The van der Waals surface area contributed by atoms with Gasteiger partial charge in [-0.05, 0) is 23.8 Å². The van der Waals surface area contributed by atoms with Crippen molar-refractivity contribution in [2.75, 3.05) is 19.0 Å². The number of halogens is 1. The zero-order chi connectivity index (χ0) is 20.8. The van der Waals surface area contributed by atoms with E-state index in [4.69, 9.17) is 21.1 Å². The van der Waals surface area contributed by atoms with Gasteiger partial charge in [0.25, 0.3) is 5.91 Å². The Bertz CT molecular complexity index is 1040. The van der Waals surface area contributed by atoms with E-state index in [1.807, 2.05) is 18.2 Å². The van der Waals surface area contributed by atoms with Crippen LogP contribution in [-0.2, 0) is 11.3 Å². The summed E-state index contributed by atoms with van der Waals surface area (Å²) in [6.07, 6.45) is 1.54. The van der Waals surface area contributed by atoms with Crippen molar-refractivity contribution in [1.29, 1.82) is 0 Å². The fourth-order valence-electron chi connectivity index (χ4n) is 2.56. The van der Waals surface area contributed by atoms with Crippen molar-refractivity contribution in [2.24, 2.45) is 0 Å². The monoisotopic (exact) mass is 416 g/mol. The lowest BCUT2D eigenvalue weighted by atomic mass is 10.2. The molecule has 0 saturated heterocycles. The van der Waals surface area contributed by atoms with E-state index in [1.165, 1.54) is 25.3 Å². The summed E-state index contributed by atoms with van der Waals surface area (Å²) in [5.41, 5.74) is 0.555. The Labute approximate surface area is 171 Å². The van der Waals surface area contributed by atoms with Crippen LogP contribution in [0.3, 0.4) is 0 Å². The third-order valence-corrected chi connectivity index (χ3v) is 4.35. The molecule has 1 heterocycles. The maximum Gasteiger partial charge on any atom is 0.314 e. The minimum atomic E-state index is -0.603. The average Bonchev–Trinajstić information content (AvgIpc) is 3.14. The molecular formula is C19H17ClN4O5. The van der Waals surface area contributed by atoms with Gasteiger partial charge >= 0.3 is 5.69 Å². The summed E-state index contributed by atoms with van der Waals surface area (Å²) < 4.78 is 11.9. The summed E-state index contributed by atoms with van der Waals surface area (Å²) in [7, 11) is 1.40. The maximum atomic E-state index is 12.3. The molecule has 10 heteroatoms. The van der Waals surface area contributed by atoms with Crippen molar-refractivity contribution in [3.63, 3.8) is 0 Å². The lowest BCUT2D eigenvalue weighted by molar-refractivity contribution is -0.385. The quantitative estimate of drug-likeness (QED) is 0.444. The van der Waals surface area contributed by atoms with Crippen LogP contribution in [0.5, 0.6) is 11.5 Å². The number of carbonyl (C=O) groups excluding carboxylic acids is 1. The smallest absolute Gasteiger partial charge is 0.314 e. The number of nitrogens with one attached hydrogen (secondary N) is 1. The van der Waals surface area contributed by atoms with Gasteiger partial charge in [-0.3, -0.25) is 14.9 Å². The minimum absolute atomic E-state index is 0.0319. The van der Waals surface area contributed by atoms with Crippen LogP contribution < -0.4 is 14.8 Å². The highest BCUT2D eigenvalue weighted by Crippen LogP contribution is 2.31. The highest BCUT2D eigenvalue weighted by molar-refractivity contribution is 6.31. The Morgan fingerprint density at radius 1 is 1.28 bits per heavy atom. The average molecular weight is 417 g/mol. The predicted molar refractivity (Wildman–Crippen MR) is 107 cm³/mol. The molecule has 0 unspecified atom stereocenters. The van der Waals surface area contributed by atoms with Gasteiger partial charge in [-0.25, -0.2) is 4.68 Å². The lowest BCUT2D eigenvalue weighted by Gasteiger charge is -2.11. The molecule has 0 saturated carbocycles. The number of benzene rings is 2. The standard InChI is InChI=1S/C19H17ClN4O5/c1-28-14-6-7-17(16(10-14)24(26)27)29-12-19(25)22-18-8-9-21-23(18)11-13-4-2-3-5-15(13)20/h2-10H,11-12H2,1H3,(H,22,25). The number of hydrogen-bond acceptors (Lipinski definition) is 6. The van der Waals surface area contributed by atoms with Crippen LogP contribution in [0.15, 0.2) is 54.7 Å². The van der Waals surface area contributed by atoms with Crippen LogP contribution in [0.2, 0.25) is 5.02 Å². The van der Waals surface area contributed by atoms with Gasteiger partial charge in [-0.1, -0.05) is 29.8 Å². The molecule has 0 aliphatic heterocycles. The van der Waals surface area contributed by atoms with Gasteiger partial charge in [0.05, 0.1) is 30.8 Å². The molecule has 3 rings (SSSR count). The molecule has 9 nitrogen and oxygen atoms in total. The molecule has 0 aliphatic rings. The number of rotatable bonds is 8. The number of aromatic nitrogens is 2. The molecule has 1 aromatic heterocycles. The summed E-state index contributed by atoms with van der Waals surface area (Å²) in [5.74, 6) is 0.242. The van der Waals surface area contributed by atoms with Gasteiger partial charge in [0.2, 0.25) is 0 Å². The molecule has 0 radical (unpaired) electrons. The first-order valence-electron chi connectivity index (χ1n) is 8.48. The van der Waals surface area contributed by atoms with Gasteiger partial charge in [-0.15, -0.1) is 0 Å². The molecule has 2 aromatic carbocycles. The maximum absolute atomic E-state index is 12.3. The van der Waals surface area contributed by atoms with Gasteiger partial charge in [0.15, 0.2) is 12.4 Å². The second-order valence-electron chi connectivity index (χ2n) is 5.89. The number of hydrogen-bond donors (Lipinski definition) is 1. The van der Waals surface area contributed by atoms with E-state index in [1.54, 1.807) is 23.0 Å². The predicted octanol–water partition coefficient (Wildman–Crippen LogP) is 3.52. The number of nitro groups is 1. The molecule has 0 spiro atoms. The molecule has 3 aromatic rings. The SMILES string of the molecule is COc1ccc(OCC(=O)Nc2ccnn2Cc2ccccc2Cl)c([N+](=O)[O-])c1. The number of amides is 1. The zero-order valence-corrected chi connectivity index (χ0v) is 16.1. The molecule has 29 heavy (non-hydrogen) atoms. The van der Waals surface area contributed by atoms with E-state index in [9.17, 15) is 14.9 Å². The van der Waals surface area contributed by atoms with Crippen molar-refractivity contribution in [3.8, 4) is 11.5 Å². The van der Waals surface area contributed by atoms with Gasteiger partial charge in [0.1, 0.15) is 11.6 Å². The second kappa shape index (κ2) is 9.07. The van der Waals surface area contributed by atoms with E-state index >= 15 is 0 Å². The van der Waals surface area contributed by atoms with Crippen molar-refractivity contribution in [1.82, 2.24) is 9.78 Å². The van der Waals surface area contributed by atoms with Crippen LogP contribution in [0.4, 0.5) is 11.5 Å². The van der Waals surface area contributed by atoms with Crippen molar-refractivity contribution < 1.29 is 19.2 Å². The van der Waals surface area contributed by atoms with Crippen LogP contribution in [0, 0.1) is 10.1 Å². The number of nitrogens with zero attached hydrogens (tertiary/aromatic N) is 3. The summed E-state index contributed by atoms with van der Waals surface area (Å²) in [5, 5.41) is 18.6. The van der Waals surface area contributed by atoms with Gasteiger partial charge < -0.3 is 14.8 Å². The zero-order valence-electron chi connectivity index (χ0n) is 15.4. The van der Waals surface area contributed by atoms with E-state index in [2.05, 4.69) is 10.4 Å². The van der Waals surface area contributed by atoms with Crippen LogP contribution in [0.1, 0.15) is 5.56 Å². The summed E-state index contributed by atoms with van der Waals surface area (Å²) in [4.78, 5) is 22.8. The van der Waals surface area contributed by atoms with Crippen LogP contribution >= 0.6 is 11.6 Å². The number of carbonyl (C=O) groups is 1. The second-order valence-corrected chi connectivity index (χ2v) is 6.30. The number of ether oxygens (including phenoxy) is 2. The Hall–Kier alpha value is -3.59. The third-order valence-electron chi connectivity index (χ3n) is 3.98. The molecule has 0 bridgehead atoms. The fraction of sp³-hybridized carbons (Fsp3) is 0.158. The molecular weight excluding hydrogens is 400 g/mol. The highest BCUT2D eigenvalue weighted by Gasteiger charge is 2.18. The first kappa shape index (κ1) is 20.2. The lowest BCUT2D eigenvalue weighted by Crippen LogP contribution is -2.22. The normalized spacial score (nSPS) is 10.4. The Kier molecular flexibility index (Phi) is 6.30. The highest BCUT2D eigenvalue weighted by atomic mass is 35.5. The Morgan fingerprint density at radius 3 is 2.79 bits per heavy atom. The topological polar surface area (TPSA) is 109 Å². The van der Waals surface area contributed by atoms with Gasteiger partial charge in [0, 0.05) is 11.1 Å². The van der Waals surface area contributed by atoms with E-state index in [-0.39, 0.29) is 11.4 Å².